The summed E-state index contributed by atoms with van der Waals surface area (Å²) in [5.74, 6) is -0.143. The first-order valence-electron chi connectivity index (χ1n) is 5.79. The SMILES string of the molecule is CO[C@H]1CNCC1NC(=O)c1ccc(C#N)cc1. The van der Waals surface area contributed by atoms with Gasteiger partial charge in [-0.25, -0.2) is 0 Å². The van der Waals surface area contributed by atoms with Gasteiger partial charge in [0, 0.05) is 25.8 Å². The molecule has 0 saturated carbocycles. The maximum atomic E-state index is 12.0. The van der Waals surface area contributed by atoms with Crippen LogP contribution >= 0.6 is 0 Å². The number of nitrogens with zero attached hydrogens (tertiary/aromatic N) is 1. The van der Waals surface area contributed by atoms with E-state index >= 15 is 0 Å². The summed E-state index contributed by atoms with van der Waals surface area (Å²) < 4.78 is 5.28. The topological polar surface area (TPSA) is 74.2 Å². The first kappa shape index (κ1) is 12.6. The van der Waals surface area contributed by atoms with E-state index in [0.717, 1.165) is 6.54 Å². The molecule has 1 aliphatic rings. The summed E-state index contributed by atoms with van der Waals surface area (Å²) in [5.41, 5.74) is 1.10. The molecule has 1 aliphatic heterocycles. The average Bonchev–Trinajstić information content (AvgIpc) is 2.86. The van der Waals surface area contributed by atoms with E-state index in [0.29, 0.717) is 17.7 Å². The third-order valence-electron chi connectivity index (χ3n) is 3.05. The third kappa shape index (κ3) is 2.67. The number of ether oxygens (including phenoxy) is 1. The van der Waals surface area contributed by atoms with Gasteiger partial charge in [0.05, 0.1) is 23.8 Å². The molecule has 1 saturated heterocycles. The Hall–Kier alpha value is -1.90. The number of carbonyl (C=O) groups is 1. The molecule has 1 aromatic rings. The number of amides is 1. The van der Waals surface area contributed by atoms with Crippen LogP contribution in [0.4, 0.5) is 0 Å². The number of carbonyl (C=O) groups excluding carboxylic acids is 1. The Bertz CT molecular complexity index is 464. The van der Waals surface area contributed by atoms with Crippen LogP contribution < -0.4 is 10.6 Å². The highest BCUT2D eigenvalue weighted by atomic mass is 16.5. The van der Waals surface area contributed by atoms with Crippen LogP contribution in [0.15, 0.2) is 24.3 Å². The summed E-state index contributed by atoms with van der Waals surface area (Å²) in [4.78, 5) is 12.0. The van der Waals surface area contributed by atoms with Crippen molar-refractivity contribution in [1.29, 1.82) is 5.26 Å². The Labute approximate surface area is 106 Å². The molecule has 1 unspecified atom stereocenters. The fraction of sp³-hybridized carbons (Fsp3) is 0.385. The standard InChI is InChI=1S/C13H15N3O2/c1-18-12-8-15-7-11(12)16-13(17)10-4-2-9(6-14)3-5-10/h2-5,11-12,15H,7-8H2,1H3,(H,16,17)/t11?,12-/m0/s1. The number of hydrogen-bond acceptors (Lipinski definition) is 4. The lowest BCUT2D eigenvalue weighted by Crippen LogP contribution is -2.43. The molecule has 1 fully saturated rings. The van der Waals surface area contributed by atoms with E-state index in [4.69, 9.17) is 10.00 Å². The molecule has 0 radical (unpaired) electrons. The molecular formula is C13H15N3O2. The second-order valence-corrected chi connectivity index (χ2v) is 4.20. The van der Waals surface area contributed by atoms with Crippen LogP contribution in [0.3, 0.4) is 0 Å². The Balaban J connectivity index is 2.01. The zero-order valence-electron chi connectivity index (χ0n) is 10.1. The molecule has 0 aromatic heterocycles. The van der Waals surface area contributed by atoms with E-state index in [1.165, 1.54) is 0 Å². The zero-order valence-corrected chi connectivity index (χ0v) is 10.1. The van der Waals surface area contributed by atoms with E-state index in [9.17, 15) is 4.79 Å². The van der Waals surface area contributed by atoms with Crippen LogP contribution in [-0.4, -0.2) is 38.3 Å². The zero-order chi connectivity index (χ0) is 13.0. The third-order valence-corrected chi connectivity index (χ3v) is 3.05. The van der Waals surface area contributed by atoms with Gasteiger partial charge in [-0.3, -0.25) is 4.79 Å². The Morgan fingerprint density at radius 1 is 1.44 bits per heavy atom. The smallest absolute Gasteiger partial charge is 0.251 e. The normalized spacial score (nSPS) is 22.4. The maximum Gasteiger partial charge on any atom is 0.251 e. The maximum absolute atomic E-state index is 12.0. The molecule has 18 heavy (non-hydrogen) atoms. The van der Waals surface area contributed by atoms with Crippen molar-refractivity contribution in [3.05, 3.63) is 35.4 Å². The fourth-order valence-corrected chi connectivity index (χ4v) is 1.99. The molecule has 1 aromatic carbocycles. The molecule has 0 aliphatic carbocycles. The second-order valence-electron chi connectivity index (χ2n) is 4.20. The van der Waals surface area contributed by atoms with Crippen molar-refractivity contribution >= 4 is 5.91 Å². The highest BCUT2D eigenvalue weighted by molar-refractivity contribution is 5.94. The summed E-state index contributed by atoms with van der Waals surface area (Å²) >= 11 is 0. The van der Waals surface area contributed by atoms with Gasteiger partial charge < -0.3 is 15.4 Å². The van der Waals surface area contributed by atoms with Crippen LogP contribution in [0.1, 0.15) is 15.9 Å². The first-order valence-corrected chi connectivity index (χ1v) is 5.79. The summed E-state index contributed by atoms with van der Waals surface area (Å²) in [6, 6.07) is 8.58. The monoisotopic (exact) mass is 245 g/mol. The van der Waals surface area contributed by atoms with Crippen LogP contribution in [-0.2, 0) is 4.74 Å². The van der Waals surface area contributed by atoms with Crippen molar-refractivity contribution < 1.29 is 9.53 Å². The number of benzene rings is 1. The molecule has 2 atom stereocenters. The van der Waals surface area contributed by atoms with E-state index in [2.05, 4.69) is 10.6 Å². The quantitative estimate of drug-likeness (QED) is 0.802. The lowest BCUT2D eigenvalue weighted by Gasteiger charge is -2.18. The van der Waals surface area contributed by atoms with Crippen LogP contribution in [0, 0.1) is 11.3 Å². The van der Waals surface area contributed by atoms with Gasteiger partial charge in [0.1, 0.15) is 0 Å². The van der Waals surface area contributed by atoms with Gasteiger partial charge in [-0.15, -0.1) is 0 Å². The minimum atomic E-state index is -0.143. The first-order chi connectivity index (χ1) is 8.74. The lowest BCUT2D eigenvalue weighted by atomic mass is 10.1. The van der Waals surface area contributed by atoms with Gasteiger partial charge in [0.25, 0.3) is 5.91 Å². The number of nitrogens with one attached hydrogen (secondary N) is 2. The van der Waals surface area contributed by atoms with Gasteiger partial charge in [-0.1, -0.05) is 0 Å². The summed E-state index contributed by atoms with van der Waals surface area (Å²) in [7, 11) is 1.64. The number of methoxy groups -OCH3 is 1. The second kappa shape index (κ2) is 5.63. The Morgan fingerprint density at radius 3 is 2.78 bits per heavy atom. The van der Waals surface area contributed by atoms with Crippen molar-refractivity contribution in [2.75, 3.05) is 20.2 Å². The van der Waals surface area contributed by atoms with Gasteiger partial charge in [0.15, 0.2) is 0 Å². The van der Waals surface area contributed by atoms with E-state index < -0.39 is 0 Å². The molecule has 94 valence electrons. The molecule has 1 amide bonds. The summed E-state index contributed by atoms with van der Waals surface area (Å²) in [5, 5.41) is 14.8. The highest BCUT2D eigenvalue weighted by Crippen LogP contribution is 2.07. The predicted molar refractivity (Wildman–Crippen MR) is 66.1 cm³/mol. The van der Waals surface area contributed by atoms with Gasteiger partial charge in [-0.05, 0) is 24.3 Å². The van der Waals surface area contributed by atoms with Gasteiger partial charge >= 0.3 is 0 Å². The molecule has 0 spiro atoms. The number of rotatable bonds is 3. The van der Waals surface area contributed by atoms with Crippen LogP contribution in [0.2, 0.25) is 0 Å². The van der Waals surface area contributed by atoms with Crippen LogP contribution in [0.5, 0.6) is 0 Å². The molecule has 5 nitrogen and oxygen atoms in total. The molecule has 0 bridgehead atoms. The van der Waals surface area contributed by atoms with Crippen LogP contribution in [0.25, 0.3) is 0 Å². The molecule has 1 heterocycles. The van der Waals surface area contributed by atoms with Crippen molar-refractivity contribution in [2.24, 2.45) is 0 Å². The largest absolute Gasteiger partial charge is 0.378 e. The van der Waals surface area contributed by atoms with Crippen molar-refractivity contribution in [1.82, 2.24) is 10.6 Å². The molecule has 2 N–H and O–H groups in total. The highest BCUT2D eigenvalue weighted by Gasteiger charge is 2.28. The van der Waals surface area contributed by atoms with E-state index in [-0.39, 0.29) is 18.1 Å². The van der Waals surface area contributed by atoms with Crippen molar-refractivity contribution in [3.8, 4) is 6.07 Å². The van der Waals surface area contributed by atoms with Gasteiger partial charge in [0.2, 0.25) is 0 Å². The lowest BCUT2D eigenvalue weighted by molar-refractivity contribution is 0.0780. The number of hydrogen-bond donors (Lipinski definition) is 2. The average molecular weight is 245 g/mol. The Morgan fingerprint density at radius 2 is 2.17 bits per heavy atom. The Kier molecular flexibility index (Phi) is 3.92. The summed E-state index contributed by atoms with van der Waals surface area (Å²) in [6.45, 7) is 1.45. The molecule has 5 heteroatoms. The fourth-order valence-electron chi connectivity index (χ4n) is 1.99. The minimum Gasteiger partial charge on any atom is -0.378 e. The van der Waals surface area contributed by atoms with E-state index in [1.54, 1.807) is 31.4 Å². The van der Waals surface area contributed by atoms with E-state index in [1.807, 2.05) is 6.07 Å². The number of nitriles is 1. The van der Waals surface area contributed by atoms with Gasteiger partial charge in [-0.2, -0.15) is 5.26 Å². The molecule has 2 rings (SSSR count). The molecular weight excluding hydrogens is 230 g/mol. The summed E-state index contributed by atoms with van der Waals surface area (Å²) in [6.07, 6.45) is 0.00679. The minimum absolute atomic E-state index is 0.00679. The predicted octanol–water partition coefficient (Wildman–Crippen LogP) is 0.275. The van der Waals surface area contributed by atoms with Crippen molar-refractivity contribution in [2.45, 2.75) is 12.1 Å². The van der Waals surface area contributed by atoms with Crippen molar-refractivity contribution in [3.63, 3.8) is 0 Å².